The third-order valence-electron chi connectivity index (χ3n) is 1.30. The predicted octanol–water partition coefficient (Wildman–Crippen LogP) is 2.45. The molecule has 0 aliphatic carbocycles. The Kier molecular flexibility index (Phi) is 3.15. The summed E-state index contributed by atoms with van der Waals surface area (Å²) in [7, 11) is 0. The lowest BCUT2D eigenvalue weighted by Gasteiger charge is -1.98. The second-order valence-electron chi connectivity index (χ2n) is 2.16. The first-order chi connectivity index (χ1) is 5.20. The van der Waals surface area contributed by atoms with Crippen molar-refractivity contribution in [2.45, 2.75) is 6.42 Å². The zero-order chi connectivity index (χ0) is 8.27. The molecule has 0 saturated heterocycles. The second-order valence-corrected chi connectivity index (χ2v) is 3.52. The first-order valence-electron chi connectivity index (χ1n) is 3.15. The normalized spacial score (nSPS) is 9.64. The fourth-order valence-electron chi connectivity index (χ4n) is 0.805. The van der Waals surface area contributed by atoms with Gasteiger partial charge in [0.15, 0.2) is 5.12 Å². The van der Waals surface area contributed by atoms with Crippen molar-refractivity contribution < 1.29 is 4.79 Å². The van der Waals surface area contributed by atoms with E-state index in [0.717, 1.165) is 10.0 Å². The van der Waals surface area contributed by atoms with E-state index < -0.39 is 0 Å². The van der Waals surface area contributed by atoms with E-state index in [-0.39, 0.29) is 5.12 Å². The number of rotatable bonds is 2. The Morgan fingerprint density at radius 2 is 2.09 bits per heavy atom. The molecule has 0 aromatic heterocycles. The van der Waals surface area contributed by atoms with Gasteiger partial charge >= 0.3 is 0 Å². The minimum Gasteiger partial charge on any atom is -0.287 e. The molecule has 1 nitrogen and oxygen atoms in total. The summed E-state index contributed by atoms with van der Waals surface area (Å²) in [6.45, 7) is 0. The van der Waals surface area contributed by atoms with Crippen LogP contribution in [0.3, 0.4) is 0 Å². The highest BCUT2D eigenvalue weighted by Gasteiger charge is 2.00. The minimum atomic E-state index is -0.114. The van der Waals surface area contributed by atoms with E-state index in [0.29, 0.717) is 6.42 Å². The van der Waals surface area contributed by atoms with Crippen molar-refractivity contribution in [3.05, 3.63) is 34.3 Å². The van der Waals surface area contributed by atoms with Gasteiger partial charge in [-0.15, -0.1) is 12.6 Å². The first kappa shape index (κ1) is 8.81. The van der Waals surface area contributed by atoms with Crippen LogP contribution in [0.1, 0.15) is 5.56 Å². The van der Waals surface area contributed by atoms with Gasteiger partial charge in [-0.1, -0.05) is 34.1 Å². The third kappa shape index (κ3) is 2.67. The van der Waals surface area contributed by atoms with Gasteiger partial charge < -0.3 is 0 Å². The molecular weight excluding hydrogens is 224 g/mol. The van der Waals surface area contributed by atoms with Crippen LogP contribution in [0.2, 0.25) is 0 Å². The maximum Gasteiger partial charge on any atom is 0.190 e. The Balaban J connectivity index is 2.86. The molecule has 0 heterocycles. The zero-order valence-corrected chi connectivity index (χ0v) is 8.23. The van der Waals surface area contributed by atoms with E-state index in [1.807, 2.05) is 24.3 Å². The molecule has 0 radical (unpaired) electrons. The largest absolute Gasteiger partial charge is 0.287 e. The monoisotopic (exact) mass is 230 g/mol. The Morgan fingerprint density at radius 3 is 2.64 bits per heavy atom. The lowest BCUT2D eigenvalue weighted by molar-refractivity contribution is -0.110. The molecule has 0 saturated carbocycles. The van der Waals surface area contributed by atoms with Crippen molar-refractivity contribution in [3.8, 4) is 0 Å². The molecular formula is C8H7BrOS. The molecule has 0 atom stereocenters. The molecule has 58 valence electrons. The van der Waals surface area contributed by atoms with Gasteiger partial charge in [0.2, 0.25) is 0 Å². The van der Waals surface area contributed by atoms with Crippen molar-refractivity contribution >= 4 is 33.7 Å². The molecule has 0 aliphatic rings. The Labute approximate surface area is 79.3 Å². The average molecular weight is 231 g/mol. The fourth-order valence-corrected chi connectivity index (χ4v) is 1.40. The Morgan fingerprint density at radius 1 is 1.45 bits per heavy atom. The molecule has 0 amide bonds. The van der Waals surface area contributed by atoms with Gasteiger partial charge in [-0.2, -0.15) is 0 Å². The van der Waals surface area contributed by atoms with E-state index in [2.05, 4.69) is 28.6 Å². The standard InChI is InChI=1S/C8H7BrOS/c9-7-4-2-1-3-6(7)5-8(10)11/h1-4H,5H2,(H,10,11). The molecule has 0 N–H and O–H groups in total. The lowest BCUT2D eigenvalue weighted by Crippen LogP contribution is -1.93. The number of halogens is 1. The first-order valence-corrected chi connectivity index (χ1v) is 4.39. The van der Waals surface area contributed by atoms with E-state index in [1.54, 1.807) is 0 Å². The molecule has 0 spiro atoms. The van der Waals surface area contributed by atoms with Crippen LogP contribution in [0.4, 0.5) is 0 Å². The van der Waals surface area contributed by atoms with E-state index >= 15 is 0 Å². The summed E-state index contributed by atoms with van der Waals surface area (Å²) in [5, 5.41) is -0.114. The molecule has 0 bridgehead atoms. The highest BCUT2D eigenvalue weighted by molar-refractivity contribution is 9.10. The summed E-state index contributed by atoms with van der Waals surface area (Å²) in [5.41, 5.74) is 0.979. The Bertz CT molecular complexity index is 273. The number of hydrogen-bond donors (Lipinski definition) is 1. The topological polar surface area (TPSA) is 17.1 Å². The average Bonchev–Trinajstić information content (AvgIpc) is 1.93. The number of hydrogen-bond acceptors (Lipinski definition) is 1. The third-order valence-corrected chi connectivity index (χ3v) is 2.23. The fraction of sp³-hybridized carbons (Fsp3) is 0.125. The number of carbonyl (C=O) groups excluding carboxylic acids is 1. The smallest absolute Gasteiger partial charge is 0.190 e. The summed E-state index contributed by atoms with van der Waals surface area (Å²) in [6.07, 6.45) is 0.379. The lowest BCUT2D eigenvalue weighted by atomic mass is 10.2. The van der Waals surface area contributed by atoms with Gasteiger partial charge in [0.25, 0.3) is 0 Å². The van der Waals surface area contributed by atoms with Gasteiger partial charge in [-0.25, -0.2) is 0 Å². The molecule has 3 heteroatoms. The molecule has 1 aromatic rings. The van der Waals surface area contributed by atoms with Crippen molar-refractivity contribution in [2.75, 3.05) is 0 Å². The van der Waals surface area contributed by atoms with Crippen LogP contribution < -0.4 is 0 Å². The molecule has 1 rings (SSSR count). The minimum absolute atomic E-state index is 0.114. The number of carbonyl (C=O) groups is 1. The summed E-state index contributed by atoms with van der Waals surface area (Å²) in [6, 6.07) is 7.62. The number of thiol groups is 1. The van der Waals surface area contributed by atoms with Crippen LogP contribution >= 0.6 is 28.6 Å². The highest BCUT2D eigenvalue weighted by atomic mass is 79.9. The summed E-state index contributed by atoms with van der Waals surface area (Å²) in [4.78, 5) is 10.6. The summed E-state index contributed by atoms with van der Waals surface area (Å²) >= 11 is 7.04. The molecule has 11 heavy (non-hydrogen) atoms. The zero-order valence-electron chi connectivity index (χ0n) is 5.75. The number of benzene rings is 1. The molecule has 0 unspecified atom stereocenters. The highest BCUT2D eigenvalue weighted by Crippen LogP contribution is 2.16. The van der Waals surface area contributed by atoms with Crippen LogP contribution in [-0.2, 0) is 11.2 Å². The van der Waals surface area contributed by atoms with Gasteiger partial charge in [0.05, 0.1) is 0 Å². The predicted molar refractivity (Wildman–Crippen MR) is 51.8 cm³/mol. The van der Waals surface area contributed by atoms with Crippen molar-refractivity contribution in [1.82, 2.24) is 0 Å². The van der Waals surface area contributed by atoms with Crippen molar-refractivity contribution in [1.29, 1.82) is 0 Å². The van der Waals surface area contributed by atoms with Crippen LogP contribution in [0.15, 0.2) is 28.7 Å². The van der Waals surface area contributed by atoms with Crippen LogP contribution in [0.5, 0.6) is 0 Å². The van der Waals surface area contributed by atoms with Gasteiger partial charge in [0.1, 0.15) is 0 Å². The molecule has 0 aliphatic heterocycles. The SMILES string of the molecule is O=C(S)Cc1ccccc1Br. The quantitative estimate of drug-likeness (QED) is 0.773. The molecule has 1 aromatic carbocycles. The summed E-state index contributed by atoms with van der Waals surface area (Å²) in [5.74, 6) is 0. The summed E-state index contributed by atoms with van der Waals surface area (Å²) < 4.78 is 0.961. The molecule has 0 fully saturated rings. The Hall–Kier alpha value is -0.280. The van der Waals surface area contributed by atoms with Crippen LogP contribution in [0.25, 0.3) is 0 Å². The van der Waals surface area contributed by atoms with Crippen LogP contribution in [0, 0.1) is 0 Å². The van der Waals surface area contributed by atoms with Crippen LogP contribution in [-0.4, -0.2) is 5.12 Å². The van der Waals surface area contributed by atoms with Crippen molar-refractivity contribution in [2.24, 2.45) is 0 Å². The van der Waals surface area contributed by atoms with E-state index in [9.17, 15) is 4.79 Å². The van der Waals surface area contributed by atoms with Crippen molar-refractivity contribution in [3.63, 3.8) is 0 Å². The second kappa shape index (κ2) is 3.93. The van der Waals surface area contributed by atoms with Gasteiger partial charge in [-0.3, -0.25) is 4.79 Å². The van der Waals surface area contributed by atoms with Gasteiger partial charge in [0, 0.05) is 10.9 Å². The van der Waals surface area contributed by atoms with E-state index in [4.69, 9.17) is 0 Å². The van der Waals surface area contributed by atoms with E-state index in [1.165, 1.54) is 0 Å². The maximum absolute atomic E-state index is 10.6. The van der Waals surface area contributed by atoms with Gasteiger partial charge in [-0.05, 0) is 11.6 Å². The maximum atomic E-state index is 10.6.